The molecule has 1 aromatic heterocycles. The number of fused-ring (bicyclic) bond motifs is 1. The van der Waals surface area contributed by atoms with Gasteiger partial charge >= 0.3 is 0 Å². The molecule has 2 heterocycles. The monoisotopic (exact) mass is 243 g/mol. The Labute approximate surface area is 106 Å². The second-order valence-corrected chi connectivity index (χ2v) is 4.56. The first-order chi connectivity index (χ1) is 8.86. The Bertz CT molecular complexity index is 534. The Hall–Kier alpha value is -1.88. The van der Waals surface area contributed by atoms with E-state index < -0.39 is 0 Å². The zero-order valence-electron chi connectivity index (χ0n) is 10.3. The first kappa shape index (κ1) is 11.2. The maximum Gasteiger partial charge on any atom is 0.102 e. The van der Waals surface area contributed by atoms with Crippen LogP contribution in [0.25, 0.3) is 0 Å². The summed E-state index contributed by atoms with van der Waals surface area (Å²) in [6.45, 7) is 3.20. The number of hydrogen-bond acceptors (Lipinski definition) is 4. The van der Waals surface area contributed by atoms with E-state index in [0.29, 0.717) is 6.54 Å². The van der Waals surface area contributed by atoms with E-state index in [-0.39, 0.29) is 0 Å². The summed E-state index contributed by atoms with van der Waals surface area (Å²) in [7, 11) is 0. The Balaban J connectivity index is 1.73. The molecule has 0 atom stereocenters. The third kappa shape index (κ3) is 2.09. The Kier molecular flexibility index (Phi) is 2.98. The topological polar surface area (TPSA) is 60.0 Å². The quantitative estimate of drug-likeness (QED) is 0.863. The molecule has 5 nitrogen and oxygen atoms in total. The predicted molar refractivity (Wildman–Crippen MR) is 70.3 cm³/mol. The summed E-state index contributed by atoms with van der Waals surface area (Å²) in [6, 6.07) is 8.55. The van der Waals surface area contributed by atoms with E-state index >= 15 is 0 Å². The molecular formula is C13H17N5. The van der Waals surface area contributed by atoms with Gasteiger partial charge in [-0.05, 0) is 18.1 Å². The third-order valence-corrected chi connectivity index (χ3v) is 3.28. The highest BCUT2D eigenvalue weighted by Crippen LogP contribution is 2.28. The first-order valence-electron chi connectivity index (χ1n) is 6.29. The summed E-state index contributed by atoms with van der Waals surface area (Å²) < 4.78 is 1.80. The average molecular weight is 243 g/mol. The van der Waals surface area contributed by atoms with Gasteiger partial charge in [0.15, 0.2) is 0 Å². The minimum Gasteiger partial charge on any atom is -0.365 e. The van der Waals surface area contributed by atoms with Crippen molar-refractivity contribution in [2.75, 3.05) is 18.0 Å². The van der Waals surface area contributed by atoms with Crippen LogP contribution < -0.4 is 10.6 Å². The molecule has 0 spiro atoms. The van der Waals surface area contributed by atoms with Crippen molar-refractivity contribution in [2.45, 2.75) is 19.5 Å². The maximum absolute atomic E-state index is 5.50. The normalized spacial score (nSPS) is 13.9. The van der Waals surface area contributed by atoms with Gasteiger partial charge in [-0.3, -0.25) is 4.68 Å². The van der Waals surface area contributed by atoms with Crippen molar-refractivity contribution in [3.05, 3.63) is 41.7 Å². The van der Waals surface area contributed by atoms with Crippen LogP contribution in [-0.4, -0.2) is 28.1 Å². The van der Waals surface area contributed by atoms with Gasteiger partial charge in [0.2, 0.25) is 0 Å². The summed E-state index contributed by atoms with van der Waals surface area (Å²) in [5.74, 6) is 0. The number of hydrogen-bond donors (Lipinski definition) is 1. The number of nitrogens with zero attached hydrogens (tertiary/aromatic N) is 4. The van der Waals surface area contributed by atoms with Crippen LogP contribution in [0.5, 0.6) is 0 Å². The van der Waals surface area contributed by atoms with Crippen LogP contribution in [0.1, 0.15) is 11.3 Å². The first-order valence-corrected chi connectivity index (χ1v) is 6.29. The Morgan fingerprint density at radius 1 is 1.28 bits per heavy atom. The van der Waals surface area contributed by atoms with Gasteiger partial charge in [-0.25, -0.2) is 0 Å². The van der Waals surface area contributed by atoms with E-state index in [0.717, 1.165) is 31.7 Å². The van der Waals surface area contributed by atoms with Crippen molar-refractivity contribution < 1.29 is 0 Å². The number of benzene rings is 1. The molecule has 0 aliphatic carbocycles. The van der Waals surface area contributed by atoms with Crippen molar-refractivity contribution in [2.24, 2.45) is 5.73 Å². The summed E-state index contributed by atoms with van der Waals surface area (Å²) in [5.41, 5.74) is 9.25. The SMILES string of the molecule is NCCn1cc(CN2CCc3ccccc32)nn1. The lowest BCUT2D eigenvalue weighted by atomic mass is 10.2. The second kappa shape index (κ2) is 4.78. The van der Waals surface area contributed by atoms with Crippen molar-refractivity contribution in [3.8, 4) is 0 Å². The maximum atomic E-state index is 5.50. The fraction of sp³-hybridized carbons (Fsp3) is 0.385. The van der Waals surface area contributed by atoms with Gasteiger partial charge in [0.1, 0.15) is 5.69 Å². The lowest BCUT2D eigenvalue weighted by Crippen LogP contribution is -2.19. The molecule has 0 amide bonds. The van der Waals surface area contributed by atoms with Gasteiger partial charge in [-0.2, -0.15) is 0 Å². The van der Waals surface area contributed by atoms with E-state index in [1.807, 2.05) is 6.20 Å². The highest BCUT2D eigenvalue weighted by Gasteiger charge is 2.19. The molecule has 0 fully saturated rings. The van der Waals surface area contributed by atoms with E-state index in [1.165, 1.54) is 11.3 Å². The second-order valence-electron chi connectivity index (χ2n) is 4.56. The zero-order valence-corrected chi connectivity index (χ0v) is 10.3. The van der Waals surface area contributed by atoms with Crippen LogP contribution in [0.2, 0.25) is 0 Å². The fourth-order valence-electron chi connectivity index (χ4n) is 2.42. The number of para-hydroxylation sites is 1. The molecule has 2 N–H and O–H groups in total. The van der Waals surface area contributed by atoms with E-state index in [1.54, 1.807) is 4.68 Å². The molecule has 0 saturated heterocycles. The number of rotatable bonds is 4. The number of anilines is 1. The van der Waals surface area contributed by atoms with Crippen LogP contribution in [-0.2, 0) is 19.5 Å². The van der Waals surface area contributed by atoms with Crippen molar-refractivity contribution in [1.82, 2.24) is 15.0 Å². The van der Waals surface area contributed by atoms with Gasteiger partial charge in [0, 0.05) is 18.8 Å². The van der Waals surface area contributed by atoms with Crippen LogP contribution in [0.4, 0.5) is 5.69 Å². The molecule has 1 aliphatic heterocycles. The summed E-state index contributed by atoms with van der Waals surface area (Å²) >= 11 is 0. The summed E-state index contributed by atoms with van der Waals surface area (Å²) in [5, 5.41) is 8.25. The molecule has 5 heteroatoms. The largest absolute Gasteiger partial charge is 0.365 e. The smallest absolute Gasteiger partial charge is 0.102 e. The van der Waals surface area contributed by atoms with Crippen LogP contribution in [0, 0.1) is 0 Å². The minimum absolute atomic E-state index is 0.593. The minimum atomic E-state index is 0.593. The van der Waals surface area contributed by atoms with E-state index in [4.69, 9.17) is 5.73 Å². The molecule has 0 saturated carbocycles. The molecule has 1 aliphatic rings. The zero-order chi connectivity index (χ0) is 12.4. The summed E-state index contributed by atoms with van der Waals surface area (Å²) in [6.07, 6.45) is 3.10. The Morgan fingerprint density at radius 2 is 2.17 bits per heavy atom. The van der Waals surface area contributed by atoms with Gasteiger partial charge in [0.25, 0.3) is 0 Å². The molecule has 2 aromatic rings. The number of nitrogens with two attached hydrogens (primary N) is 1. The lowest BCUT2D eigenvalue weighted by Gasteiger charge is -2.17. The predicted octanol–water partition coefficient (Wildman–Crippen LogP) is 0.799. The Morgan fingerprint density at radius 3 is 3.06 bits per heavy atom. The molecule has 0 unspecified atom stereocenters. The van der Waals surface area contributed by atoms with Gasteiger partial charge in [0.05, 0.1) is 19.3 Å². The molecule has 0 radical (unpaired) electrons. The van der Waals surface area contributed by atoms with Gasteiger partial charge in [-0.15, -0.1) is 5.10 Å². The molecule has 1 aromatic carbocycles. The van der Waals surface area contributed by atoms with Gasteiger partial charge < -0.3 is 10.6 Å². The number of aromatic nitrogens is 3. The van der Waals surface area contributed by atoms with Gasteiger partial charge in [-0.1, -0.05) is 23.4 Å². The molecular weight excluding hydrogens is 226 g/mol. The van der Waals surface area contributed by atoms with Crippen LogP contribution in [0.3, 0.4) is 0 Å². The molecule has 0 bridgehead atoms. The fourth-order valence-corrected chi connectivity index (χ4v) is 2.42. The summed E-state index contributed by atoms with van der Waals surface area (Å²) in [4.78, 5) is 2.35. The van der Waals surface area contributed by atoms with E-state index in [9.17, 15) is 0 Å². The van der Waals surface area contributed by atoms with Crippen molar-refractivity contribution >= 4 is 5.69 Å². The average Bonchev–Trinajstić information content (AvgIpc) is 2.99. The highest BCUT2D eigenvalue weighted by molar-refractivity contribution is 5.57. The molecule has 3 rings (SSSR count). The lowest BCUT2D eigenvalue weighted by molar-refractivity contribution is 0.598. The molecule has 94 valence electrons. The molecule has 18 heavy (non-hydrogen) atoms. The van der Waals surface area contributed by atoms with E-state index in [2.05, 4.69) is 39.5 Å². The standard InChI is InChI=1S/C13H17N5/c14-6-8-18-10-12(15-16-18)9-17-7-5-11-3-1-2-4-13(11)17/h1-4,10H,5-9,14H2. The van der Waals surface area contributed by atoms with Crippen molar-refractivity contribution in [1.29, 1.82) is 0 Å². The van der Waals surface area contributed by atoms with Crippen molar-refractivity contribution in [3.63, 3.8) is 0 Å². The van der Waals surface area contributed by atoms with Crippen LogP contribution in [0.15, 0.2) is 30.5 Å². The highest BCUT2D eigenvalue weighted by atomic mass is 15.4. The third-order valence-electron chi connectivity index (χ3n) is 3.28. The van der Waals surface area contributed by atoms with Crippen LogP contribution >= 0.6 is 0 Å².